The van der Waals surface area contributed by atoms with Gasteiger partial charge in [0, 0.05) is 31.3 Å². The molecule has 1 saturated heterocycles. The van der Waals surface area contributed by atoms with Crippen molar-refractivity contribution >= 4 is 15.7 Å². The van der Waals surface area contributed by atoms with E-state index >= 15 is 0 Å². The number of sulfonamides is 1. The average molecular weight is 313 g/mol. The molecule has 0 N–H and O–H groups in total. The van der Waals surface area contributed by atoms with Crippen LogP contribution in [-0.4, -0.2) is 55.3 Å². The molecule has 0 aliphatic carbocycles. The number of nitro groups is 1. The maximum atomic E-state index is 12.5. The second-order valence-electron chi connectivity index (χ2n) is 5.13. The van der Waals surface area contributed by atoms with Gasteiger partial charge in [0.25, 0.3) is 5.69 Å². The molecule has 0 spiro atoms. The molecule has 0 amide bonds. The van der Waals surface area contributed by atoms with Crippen LogP contribution in [0.5, 0.6) is 0 Å². The van der Waals surface area contributed by atoms with Gasteiger partial charge in [-0.25, -0.2) is 8.42 Å². The Kier molecular flexibility index (Phi) is 4.60. The van der Waals surface area contributed by atoms with Crippen LogP contribution in [0.15, 0.2) is 29.2 Å². The van der Waals surface area contributed by atoms with Crippen molar-refractivity contribution in [1.82, 2.24) is 9.21 Å². The van der Waals surface area contributed by atoms with Gasteiger partial charge in [-0.3, -0.25) is 10.1 Å². The number of non-ortho nitro benzene ring substituents is 1. The summed E-state index contributed by atoms with van der Waals surface area (Å²) in [6.07, 6.45) is 0.802. The van der Waals surface area contributed by atoms with Crippen molar-refractivity contribution in [3.8, 4) is 0 Å². The van der Waals surface area contributed by atoms with E-state index in [1.54, 1.807) is 0 Å². The molecular formula is C13H19N3O4S. The fourth-order valence-corrected chi connectivity index (χ4v) is 3.93. The molecule has 7 nitrogen and oxygen atoms in total. The average Bonchev–Trinajstić information content (AvgIpc) is 2.97. The van der Waals surface area contributed by atoms with E-state index in [0.29, 0.717) is 13.1 Å². The van der Waals surface area contributed by atoms with Crippen molar-refractivity contribution in [3.63, 3.8) is 0 Å². The van der Waals surface area contributed by atoms with E-state index in [2.05, 4.69) is 4.90 Å². The summed E-state index contributed by atoms with van der Waals surface area (Å²) in [5, 5.41) is 10.6. The number of hydrogen-bond acceptors (Lipinski definition) is 5. The molecule has 116 valence electrons. The molecule has 1 heterocycles. The first-order chi connectivity index (χ1) is 9.86. The lowest BCUT2D eigenvalue weighted by atomic mass is 10.2. The molecule has 21 heavy (non-hydrogen) atoms. The molecule has 0 bridgehead atoms. The summed E-state index contributed by atoms with van der Waals surface area (Å²) in [4.78, 5) is 12.3. The third-order valence-electron chi connectivity index (χ3n) is 3.93. The predicted octanol–water partition coefficient (Wildman–Crippen LogP) is 1.31. The molecule has 1 aromatic rings. The summed E-state index contributed by atoms with van der Waals surface area (Å²) in [5.74, 6) is 0. The lowest BCUT2D eigenvalue weighted by Gasteiger charge is -2.22. The van der Waals surface area contributed by atoms with Gasteiger partial charge in [0.2, 0.25) is 10.0 Å². The van der Waals surface area contributed by atoms with Gasteiger partial charge in [0.15, 0.2) is 0 Å². The van der Waals surface area contributed by atoms with Crippen LogP contribution in [0.2, 0.25) is 0 Å². The Morgan fingerprint density at radius 1 is 1.38 bits per heavy atom. The molecule has 0 saturated carbocycles. The minimum atomic E-state index is -3.57. The molecular weight excluding hydrogens is 294 g/mol. The summed E-state index contributed by atoms with van der Waals surface area (Å²) in [5.41, 5.74) is -0.112. The largest absolute Gasteiger partial charge is 0.302 e. The van der Waals surface area contributed by atoms with Gasteiger partial charge in [0.05, 0.1) is 9.82 Å². The van der Waals surface area contributed by atoms with Crippen LogP contribution < -0.4 is 0 Å². The van der Waals surface area contributed by atoms with Crippen LogP contribution >= 0.6 is 0 Å². The highest BCUT2D eigenvalue weighted by atomic mass is 32.2. The summed E-state index contributed by atoms with van der Waals surface area (Å²) >= 11 is 0. The maximum Gasteiger partial charge on any atom is 0.269 e. The maximum absolute atomic E-state index is 12.5. The van der Waals surface area contributed by atoms with E-state index in [-0.39, 0.29) is 16.6 Å². The smallest absolute Gasteiger partial charge is 0.269 e. The van der Waals surface area contributed by atoms with Crippen LogP contribution in [0, 0.1) is 10.1 Å². The number of likely N-dealkylation sites (N-methyl/N-ethyl adjacent to an activating group) is 1. The number of hydrogen-bond donors (Lipinski definition) is 0. The highest BCUT2D eigenvalue weighted by molar-refractivity contribution is 7.89. The minimum Gasteiger partial charge on any atom is -0.302 e. The van der Waals surface area contributed by atoms with Crippen LogP contribution in [0.4, 0.5) is 5.69 Å². The van der Waals surface area contributed by atoms with Gasteiger partial charge in [-0.05, 0) is 32.1 Å². The van der Waals surface area contributed by atoms with E-state index in [0.717, 1.165) is 13.0 Å². The number of nitrogens with zero attached hydrogens (tertiary/aromatic N) is 3. The van der Waals surface area contributed by atoms with Crippen LogP contribution in [0.3, 0.4) is 0 Å². The first-order valence-electron chi connectivity index (χ1n) is 6.81. The first kappa shape index (κ1) is 15.9. The van der Waals surface area contributed by atoms with Crippen molar-refractivity contribution in [2.24, 2.45) is 0 Å². The molecule has 1 aromatic carbocycles. The fraction of sp³-hybridized carbons (Fsp3) is 0.538. The van der Waals surface area contributed by atoms with Gasteiger partial charge in [0.1, 0.15) is 0 Å². The Hall–Kier alpha value is -1.51. The van der Waals surface area contributed by atoms with Crippen LogP contribution in [0.25, 0.3) is 0 Å². The third-order valence-corrected chi connectivity index (χ3v) is 5.81. The van der Waals surface area contributed by atoms with Crippen molar-refractivity contribution in [2.45, 2.75) is 24.3 Å². The molecule has 1 atom stereocenters. The number of benzene rings is 1. The number of rotatable bonds is 5. The molecule has 0 unspecified atom stereocenters. The van der Waals surface area contributed by atoms with E-state index in [9.17, 15) is 18.5 Å². The number of nitro benzene ring substituents is 1. The van der Waals surface area contributed by atoms with Gasteiger partial charge in [-0.15, -0.1) is 0 Å². The molecule has 0 radical (unpaired) electrons. The SMILES string of the molecule is CCN(C)[C@@H]1CCN(S(=O)(=O)c2ccc([N+](=O)[O-])cc2)C1. The molecule has 0 aromatic heterocycles. The molecule has 8 heteroatoms. The second kappa shape index (κ2) is 6.08. The van der Waals surface area contributed by atoms with Crippen molar-refractivity contribution in [3.05, 3.63) is 34.4 Å². The Balaban J connectivity index is 2.17. The lowest BCUT2D eigenvalue weighted by molar-refractivity contribution is -0.384. The minimum absolute atomic E-state index is 0.105. The highest BCUT2D eigenvalue weighted by Gasteiger charge is 2.33. The Labute approximate surface area is 124 Å². The van der Waals surface area contributed by atoms with Gasteiger partial charge in [-0.2, -0.15) is 4.31 Å². The van der Waals surface area contributed by atoms with E-state index in [1.165, 1.54) is 28.6 Å². The fourth-order valence-electron chi connectivity index (χ4n) is 2.44. The Morgan fingerprint density at radius 2 is 2.00 bits per heavy atom. The normalized spacial score (nSPS) is 20.0. The van der Waals surface area contributed by atoms with E-state index < -0.39 is 14.9 Å². The van der Waals surface area contributed by atoms with E-state index in [4.69, 9.17) is 0 Å². The van der Waals surface area contributed by atoms with E-state index in [1.807, 2.05) is 14.0 Å². The zero-order valence-electron chi connectivity index (χ0n) is 12.1. The first-order valence-corrected chi connectivity index (χ1v) is 8.25. The topological polar surface area (TPSA) is 83.8 Å². The van der Waals surface area contributed by atoms with Crippen molar-refractivity contribution in [1.29, 1.82) is 0 Å². The molecule has 1 fully saturated rings. The Morgan fingerprint density at radius 3 is 2.52 bits per heavy atom. The van der Waals surface area contributed by atoms with Crippen molar-refractivity contribution < 1.29 is 13.3 Å². The molecule has 2 rings (SSSR count). The molecule has 1 aliphatic heterocycles. The lowest BCUT2D eigenvalue weighted by Crippen LogP contribution is -2.36. The van der Waals surface area contributed by atoms with Gasteiger partial charge < -0.3 is 4.90 Å². The zero-order valence-corrected chi connectivity index (χ0v) is 12.9. The van der Waals surface area contributed by atoms with Crippen LogP contribution in [0.1, 0.15) is 13.3 Å². The summed E-state index contributed by atoms with van der Waals surface area (Å²) in [6, 6.07) is 5.26. The van der Waals surface area contributed by atoms with Gasteiger partial charge in [-0.1, -0.05) is 6.92 Å². The summed E-state index contributed by atoms with van der Waals surface area (Å²) < 4.78 is 26.5. The van der Waals surface area contributed by atoms with Crippen LogP contribution in [-0.2, 0) is 10.0 Å². The van der Waals surface area contributed by atoms with Crippen molar-refractivity contribution in [2.75, 3.05) is 26.7 Å². The standard InChI is InChI=1S/C13H19N3O4S/c1-3-14(2)12-8-9-15(10-12)21(19,20)13-6-4-11(5-7-13)16(17)18/h4-7,12H,3,8-10H2,1-2H3/t12-/m1/s1. The quantitative estimate of drug-likeness (QED) is 0.604. The predicted molar refractivity (Wildman–Crippen MR) is 78.6 cm³/mol. The molecule has 1 aliphatic rings. The zero-order chi connectivity index (χ0) is 15.6. The van der Waals surface area contributed by atoms with Gasteiger partial charge >= 0.3 is 0 Å². The summed E-state index contributed by atoms with van der Waals surface area (Å²) in [7, 11) is -1.59. The monoisotopic (exact) mass is 313 g/mol. The highest BCUT2D eigenvalue weighted by Crippen LogP contribution is 2.24. The second-order valence-corrected chi connectivity index (χ2v) is 7.07. The summed E-state index contributed by atoms with van der Waals surface area (Å²) in [6.45, 7) is 3.85. The third kappa shape index (κ3) is 3.22. The Bertz CT molecular complexity index is 615.